The fraction of sp³-hybridized carbons (Fsp3) is 0.667. The number of nitrogens with two attached hydrogens (primary N) is 3. The van der Waals surface area contributed by atoms with Crippen LogP contribution in [0.5, 0.6) is 0 Å². The molecule has 0 aliphatic carbocycles. The van der Waals surface area contributed by atoms with Crippen LogP contribution in [0, 0.1) is 0 Å². The highest BCUT2D eigenvalue weighted by atomic mass is 16.2. The Morgan fingerprint density at radius 3 is 1.71 bits per heavy atom. The Morgan fingerprint density at radius 2 is 1.71 bits per heavy atom. The summed E-state index contributed by atoms with van der Waals surface area (Å²) in [5.74, 6) is -0.0833. The van der Waals surface area contributed by atoms with Gasteiger partial charge < -0.3 is 5.11 Å². The van der Waals surface area contributed by atoms with Gasteiger partial charge >= 0.3 is 5.96 Å². The van der Waals surface area contributed by atoms with Gasteiger partial charge in [-0.2, -0.15) is 0 Å². The lowest BCUT2D eigenvalue weighted by molar-refractivity contribution is -0.361. The fourth-order valence-corrected chi connectivity index (χ4v) is 0. The van der Waals surface area contributed by atoms with Crippen LogP contribution in [-0.2, 0) is 0 Å². The predicted molar refractivity (Wildman–Crippen MR) is 25.8 cm³/mol. The van der Waals surface area contributed by atoms with Gasteiger partial charge in [-0.3, -0.25) is 16.9 Å². The van der Waals surface area contributed by atoms with Gasteiger partial charge in [0.2, 0.25) is 0 Å². The van der Waals surface area contributed by atoms with Gasteiger partial charge in [-0.05, 0) is 0 Å². The zero-order chi connectivity index (χ0) is 6.28. The Hall–Kier alpha value is -0.770. The molecule has 0 aromatic carbocycles. The molecule has 7 heavy (non-hydrogen) atoms. The molecule has 0 unspecified atom stereocenters. The van der Waals surface area contributed by atoms with Gasteiger partial charge in [-0.25, -0.2) is 0 Å². The Labute approximate surface area is 42.6 Å². The van der Waals surface area contributed by atoms with Crippen molar-refractivity contribution in [1.29, 1.82) is 0 Å². The minimum Gasteiger partial charge on any atom is -0.855 e. The van der Waals surface area contributed by atoms with Crippen LogP contribution < -0.4 is 22.0 Å². The van der Waals surface area contributed by atoms with Crippen molar-refractivity contribution in [2.75, 3.05) is 6.61 Å². The molecule has 0 aromatic rings. The quantitative estimate of drug-likeness (QED) is 0.219. The zero-order valence-corrected chi connectivity index (χ0v) is 4.35. The average Bonchev–Trinajstić information content (AvgIpc) is 1.33. The summed E-state index contributed by atoms with van der Waals surface area (Å²) in [5.41, 5.74) is 9.17. The zero-order valence-electron chi connectivity index (χ0n) is 4.35. The number of hydrogen-bond acceptors (Lipinski definition) is 1. The summed E-state index contributed by atoms with van der Waals surface area (Å²) in [7, 11) is 0. The Morgan fingerprint density at radius 1 is 1.71 bits per heavy atom. The van der Waals surface area contributed by atoms with Crippen molar-refractivity contribution in [3.8, 4) is 0 Å². The monoisotopic (exact) mass is 105 g/mol. The molecule has 0 radical (unpaired) electrons. The predicted octanol–water partition coefficient (Wildman–Crippen LogP) is -3.61. The minimum atomic E-state index is -0.0833. The molecule has 0 aliphatic heterocycles. The molecule has 0 atom stereocenters. The van der Waals surface area contributed by atoms with E-state index in [1.165, 1.54) is 0 Å². The van der Waals surface area contributed by atoms with E-state index in [-0.39, 0.29) is 12.6 Å². The first-order valence-corrected chi connectivity index (χ1v) is 1.86. The molecule has 4 heteroatoms. The third kappa shape index (κ3) is 92.0. The molecule has 0 saturated heterocycles. The summed E-state index contributed by atoms with van der Waals surface area (Å²) in [5, 5.41) is 13.5. The SMILES string of the molecule is CC[O-].NC(N)=[NH2+]. The topological polar surface area (TPSA) is 101 Å². The van der Waals surface area contributed by atoms with Crippen LogP contribution in [0.1, 0.15) is 6.92 Å². The lowest BCUT2D eigenvalue weighted by Gasteiger charge is -1.79. The molecule has 0 bridgehead atoms. The highest BCUT2D eigenvalue weighted by Gasteiger charge is 1.64. The number of hydrogen-bond donors (Lipinski definition) is 3. The average molecular weight is 105 g/mol. The molecule has 0 saturated carbocycles. The minimum absolute atomic E-state index is 0. The van der Waals surface area contributed by atoms with Crippen molar-refractivity contribution in [3.05, 3.63) is 0 Å². The number of guanidine groups is 1. The summed E-state index contributed by atoms with van der Waals surface area (Å²) >= 11 is 0. The molecule has 0 rings (SSSR count). The van der Waals surface area contributed by atoms with Gasteiger partial charge in [0.05, 0.1) is 0 Å². The molecule has 44 valence electrons. The Bertz CT molecular complexity index is 41.4. The van der Waals surface area contributed by atoms with Crippen LogP contribution in [0.25, 0.3) is 0 Å². The van der Waals surface area contributed by atoms with E-state index in [9.17, 15) is 0 Å². The molecular formula is C3H11N3O. The van der Waals surface area contributed by atoms with E-state index in [0.717, 1.165) is 0 Å². The molecule has 4 nitrogen and oxygen atoms in total. The molecule has 0 aromatic heterocycles. The maximum atomic E-state index is 8.93. The molecule has 0 amide bonds. The van der Waals surface area contributed by atoms with E-state index in [1.807, 2.05) is 0 Å². The van der Waals surface area contributed by atoms with Crippen LogP contribution >= 0.6 is 0 Å². The van der Waals surface area contributed by atoms with Crippen molar-refractivity contribution in [2.45, 2.75) is 6.92 Å². The third-order valence-electron chi connectivity index (χ3n) is 0. The first-order chi connectivity index (χ1) is 3.15. The van der Waals surface area contributed by atoms with E-state index in [0.29, 0.717) is 0 Å². The van der Waals surface area contributed by atoms with Crippen LogP contribution in [0.3, 0.4) is 0 Å². The molecular weight excluding hydrogens is 94.1 g/mol. The van der Waals surface area contributed by atoms with Crippen molar-refractivity contribution in [2.24, 2.45) is 11.5 Å². The van der Waals surface area contributed by atoms with Gasteiger partial charge in [0.1, 0.15) is 0 Å². The lowest BCUT2D eigenvalue weighted by Crippen LogP contribution is -2.51. The van der Waals surface area contributed by atoms with Crippen molar-refractivity contribution in [3.63, 3.8) is 0 Å². The van der Waals surface area contributed by atoms with Gasteiger partial charge in [0.25, 0.3) is 0 Å². The van der Waals surface area contributed by atoms with Gasteiger partial charge in [-0.1, -0.05) is 6.92 Å². The van der Waals surface area contributed by atoms with E-state index in [1.54, 1.807) is 6.92 Å². The van der Waals surface area contributed by atoms with E-state index < -0.39 is 0 Å². The number of rotatable bonds is 0. The normalized spacial score (nSPS) is 6.00. The molecule has 0 fully saturated rings. The first kappa shape index (κ1) is 9.52. The smallest absolute Gasteiger partial charge is 0.336 e. The van der Waals surface area contributed by atoms with Crippen LogP contribution in [-0.4, -0.2) is 12.6 Å². The summed E-state index contributed by atoms with van der Waals surface area (Å²) in [6, 6.07) is 0. The van der Waals surface area contributed by atoms with E-state index in [2.05, 4.69) is 16.9 Å². The van der Waals surface area contributed by atoms with Gasteiger partial charge in [0, 0.05) is 0 Å². The molecule has 0 spiro atoms. The molecule has 0 heterocycles. The maximum Gasteiger partial charge on any atom is 0.336 e. The van der Waals surface area contributed by atoms with Crippen LogP contribution in [0.2, 0.25) is 0 Å². The second-order valence-corrected chi connectivity index (χ2v) is 0.789. The highest BCUT2D eigenvalue weighted by molar-refractivity contribution is 5.68. The Kier molecular flexibility index (Phi) is 12.2. The standard InChI is InChI=1S/C2H5O.CH5N3/c1-2-3;2-1(3)4/h2H2,1H3;(H5,2,3,4)/q-1;/p+1. The second-order valence-electron chi connectivity index (χ2n) is 0.789. The first-order valence-electron chi connectivity index (χ1n) is 1.86. The third-order valence-corrected chi connectivity index (χ3v) is 0. The van der Waals surface area contributed by atoms with Crippen molar-refractivity contribution >= 4 is 5.96 Å². The van der Waals surface area contributed by atoms with Crippen LogP contribution in [0.15, 0.2) is 0 Å². The van der Waals surface area contributed by atoms with E-state index >= 15 is 0 Å². The van der Waals surface area contributed by atoms with Gasteiger partial charge in [-0.15, -0.1) is 6.61 Å². The second kappa shape index (κ2) is 8.97. The molecule has 0 aliphatic rings. The summed E-state index contributed by atoms with van der Waals surface area (Å²) in [6.45, 7) is 1.57. The largest absolute Gasteiger partial charge is 0.855 e. The highest BCUT2D eigenvalue weighted by Crippen LogP contribution is 1.18. The summed E-state index contributed by atoms with van der Waals surface area (Å²) in [4.78, 5) is 0. The van der Waals surface area contributed by atoms with Gasteiger partial charge in [0.15, 0.2) is 0 Å². The summed E-state index contributed by atoms with van der Waals surface area (Å²) in [6.07, 6.45) is 0. The van der Waals surface area contributed by atoms with Crippen molar-refractivity contribution < 1.29 is 10.5 Å². The fourth-order valence-electron chi connectivity index (χ4n) is 0. The van der Waals surface area contributed by atoms with E-state index in [4.69, 9.17) is 5.11 Å². The lowest BCUT2D eigenvalue weighted by atomic mass is 10.9. The van der Waals surface area contributed by atoms with Crippen LogP contribution in [0.4, 0.5) is 0 Å². The maximum absolute atomic E-state index is 8.93. The summed E-state index contributed by atoms with van der Waals surface area (Å²) < 4.78 is 0. The molecule has 6 N–H and O–H groups in total. The Balaban J connectivity index is 0. The van der Waals surface area contributed by atoms with Crippen molar-refractivity contribution in [1.82, 2.24) is 0 Å².